The van der Waals surface area contributed by atoms with Crippen LogP contribution in [0.1, 0.15) is 6.92 Å². The molecule has 8 heteroatoms. The van der Waals surface area contributed by atoms with Crippen LogP contribution >= 0.6 is 23.2 Å². The SMILES string of the molecule is C[C@H](C(=O)Nc1cc(Cl)ccc1Cl)N(c1ccccc1)S(C)(=O)=O. The van der Waals surface area contributed by atoms with Crippen LogP contribution in [0.2, 0.25) is 10.0 Å². The maximum Gasteiger partial charge on any atom is 0.248 e. The van der Waals surface area contributed by atoms with E-state index in [4.69, 9.17) is 23.2 Å². The minimum atomic E-state index is -3.66. The van der Waals surface area contributed by atoms with E-state index >= 15 is 0 Å². The number of halogens is 2. The molecule has 0 aliphatic heterocycles. The zero-order valence-electron chi connectivity index (χ0n) is 13.0. The fourth-order valence-electron chi connectivity index (χ4n) is 2.21. The Kier molecular flexibility index (Phi) is 5.74. The van der Waals surface area contributed by atoms with E-state index in [1.54, 1.807) is 42.5 Å². The molecule has 0 unspecified atom stereocenters. The highest BCUT2D eigenvalue weighted by Crippen LogP contribution is 2.27. The molecule has 0 aromatic heterocycles. The molecular formula is C16H16Cl2N2O3S. The van der Waals surface area contributed by atoms with E-state index in [0.717, 1.165) is 10.6 Å². The van der Waals surface area contributed by atoms with Crippen LogP contribution < -0.4 is 9.62 Å². The van der Waals surface area contributed by atoms with Crippen molar-refractivity contribution in [3.63, 3.8) is 0 Å². The number of sulfonamides is 1. The largest absolute Gasteiger partial charge is 0.323 e. The zero-order valence-corrected chi connectivity index (χ0v) is 15.4. The first-order valence-electron chi connectivity index (χ1n) is 7.00. The van der Waals surface area contributed by atoms with Crippen molar-refractivity contribution < 1.29 is 13.2 Å². The molecule has 0 fully saturated rings. The summed E-state index contributed by atoms with van der Waals surface area (Å²) in [6.45, 7) is 1.50. The molecule has 2 rings (SSSR count). The number of para-hydroxylation sites is 1. The number of carbonyl (C=O) groups excluding carboxylic acids is 1. The average molecular weight is 387 g/mol. The minimum Gasteiger partial charge on any atom is -0.323 e. The average Bonchev–Trinajstić information content (AvgIpc) is 2.50. The number of hydrogen-bond donors (Lipinski definition) is 1. The van der Waals surface area contributed by atoms with E-state index in [-0.39, 0.29) is 0 Å². The number of nitrogens with zero attached hydrogens (tertiary/aromatic N) is 1. The summed E-state index contributed by atoms with van der Waals surface area (Å²) in [5.74, 6) is -0.520. The van der Waals surface area contributed by atoms with Crippen LogP contribution in [0.4, 0.5) is 11.4 Å². The lowest BCUT2D eigenvalue weighted by atomic mass is 10.2. The molecule has 0 saturated heterocycles. The lowest BCUT2D eigenvalue weighted by Gasteiger charge is -2.28. The van der Waals surface area contributed by atoms with Gasteiger partial charge in [0.2, 0.25) is 15.9 Å². The van der Waals surface area contributed by atoms with Crippen LogP contribution in [0.25, 0.3) is 0 Å². The van der Waals surface area contributed by atoms with Crippen molar-refractivity contribution in [1.29, 1.82) is 0 Å². The van der Waals surface area contributed by atoms with Crippen molar-refractivity contribution >= 4 is 50.5 Å². The first-order chi connectivity index (χ1) is 11.2. The van der Waals surface area contributed by atoms with Gasteiger partial charge in [-0.25, -0.2) is 8.42 Å². The third-order valence-corrected chi connectivity index (χ3v) is 5.09. The van der Waals surface area contributed by atoms with Gasteiger partial charge in [-0.1, -0.05) is 41.4 Å². The van der Waals surface area contributed by atoms with Crippen LogP contribution in [0.15, 0.2) is 48.5 Å². The number of benzene rings is 2. The number of hydrogen-bond acceptors (Lipinski definition) is 3. The number of amides is 1. The normalized spacial score (nSPS) is 12.5. The van der Waals surface area contributed by atoms with E-state index in [1.165, 1.54) is 13.0 Å². The highest BCUT2D eigenvalue weighted by atomic mass is 35.5. The van der Waals surface area contributed by atoms with Crippen LogP contribution in [0.5, 0.6) is 0 Å². The number of anilines is 2. The van der Waals surface area contributed by atoms with Crippen molar-refractivity contribution in [2.45, 2.75) is 13.0 Å². The van der Waals surface area contributed by atoms with Crippen molar-refractivity contribution in [2.75, 3.05) is 15.9 Å². The van der Waals surface area contributed by atoms with Gasteiger partial charge in [0.15, 0.2) is 0 Å². The molecule has 0 aliphatic rings. The summed E-state index contributed by atoms with van der Waals surface area (Å²) >= 11 is 11.9. The first kappa shape index (κ1) is 18.6. The summed E-state index contributed by atoms with van der Waals surface area (Å²) in [7, 11) is -3.66. The monoisotopic (exact) mass is 386 g/mol. The molecule has 1 atom stereocenters. The van der Waals surface area contributed by atoms with Crippen molar-refractivity contribution in [3.8, 4) is 0 Å². The Bertz CT molecular complexity index is 842. The summed E-state index contributed by atoms with van der Waals surface area (Å²) in [6.07, 6.45) is 1.05. The van der Waals surface area contributed by atoms with E-state index in [2.05, 4.69) is 5.32 Å². The molecule has 2 aromatic carbocycles. The van der Waals surface area contributed by atoms with E-state index in [1.807, 2.05) is 0 Å². The molecule has 24 heavy (non-hydrogen) atoms. The van der Waals surface area contributed by atoms with Gasteiger partial charge in [0.05, 0.1) is 22.7 Å². The van der Waals surface area contributed by atoms with Crippen molar-refractivity contribution in [3.05, 3.63) is 58.6 Å². The van der Waals surface area contributed by atoms with Gasteiger partial charge in [-0.15, -0.1) is 0 Å². The van der Waals surface area contributed by atoms with Crippen LogP contribution in [0, 0.1) is 0 Å². The van der Waals surface area contributed by atoms with Gasteiger partial charge in [0, 0.05) is 5.02 Å². The van der Waals surface area contributed by atoms with Gasteiger partial charge in [-0.3, -0.25) is 9.10 Å². The summed E-state index contributed by atoms with van der Waals surface area (Å²) < 4.78 is 25.4. The molecular weight excluding hydrogens is 371 g/mol. The molecule has 0 heterocycles. The summed E-state index contributed by atoms with van der Waals surface area (Å²) in [6, 6.07) is 12.1. The van der Waals surface area contributed by atoms with E-state index in [9.17, 15) is 13.2 Å². The van der Waals surface area contributed by atoms with Gasteiger partial charge < -0.3 is 5.32 Å². The molecule has 5 nitrogen and oxygen atoms in total. The third kappa shape index (κ3) is 4.41. The predicted molar refractivity (Wildman–Crippen MR) is 98.3 cm³/mol. The fraction of sp³-hybridized carbons (Fsp3) is 0.188. The molecule has 128 valence electrons. The Hall–Kier alpha value is -1.76. The number of rotatable bonds is 5. The Labute approximate surface area is 151 Å². The molecule has 0 radical (unpaired) electrons. The molecule has 1 N–H and O–H groups in total. The Balaban J connectivity index is 2.31. The standard InChI is InChI=1S/C16H16Cl2N2O3S/c1-11(16(21)19-15-10-12(17)8-9-14(15)18)20(24(2,22)23)13-6-4-3-5-7-13/h3-11H,1-2H3,(H,19,21)/t11-/m1/s1. The maximum atomic E-state index is 12.5. The summed E-state index contributed by atoms with van der Waals surface area (Å²) in [5.41, 5.74) is 0.724. The Morgan fingerprint density at radius 3 is 2.33 bits per heavy atom. The van der Waals surface area contributed by atoms with E-state index < -0.39 is 22.0 Å². The number of nitrogens with one attached hydrogen (secondary N) is 1. The van der Waals surface area contributed by atoms with Crippen LogP contribution in [0.3, 0.4) is 0 Å². The smallest absolute Gasteiger partial charge is 0.248 e. The van der Waals surface area contributed by atoms with Crippen molar-refractivity contribution in [1.82, 2.24) is 0 Å². The zero-order chi connectivity index (χ0) is 17.9. The second-order valence-electron chi connectivity index (χ2n) is 5.18. The maximum absolute atomic E-state index is 12.5. The molecule has 0 aliphatic carbocycles. The summed E-state index contributed by atoms with van der Waals surface area (Å²) in [4.78, 5) is 12.5. The molecule has 0 saturated carbocycles. The lowest BCUT2D eigenvalue weighted by molar-refractivity contribution is -0.116. The topological polar surface area (TPSA) is 66.5 Å². The Morgan fingerprint density at radius 1 is 1.12 bits per heavy atom. The molecule has 0 bridgehead atoms. The second kappa shape index (κ2) is 7.42. The van der Waals surface area contributed by atoms with Crippen molar-refractivity contribution in [2.24, 2.45) is 0 Å². The molecule has 2 aromatic rings. The quantitative estimate of drug-likeness (QED) is 0.849. The highest BCUT2D eigenvalue weighted by Gasteiger charge is 2.29. The summed E-state index contributed by atoms with van der Waals surface area (Å²) in [5, 5.41) is 3.33. The Morgan fingerprint density at radius 2 is 1.75 bits per heavy atom. The fourth-order valence-corrected chi connectivity index (χ4v) is 3.73. The van der Waals surface area contributed by atoms with Gasteiger partial charge in [-0.05, 0) is 37.3 Å². The van der Waals surface area contributed by atoms with Crippen LogP contribution in [-0.2, 0) is 14.8 Å². The lowest BCUT2D eigenvalue weighted by Crippen LogP contribution is -2.45. The van der Waals surface area contributed by atoms with Gasteiger partial charge in [0.25, 0.3) is 0 Å². The minimum absolute atomic E-state index is 0.311. The highest BCUT2D eigenvalue weighted by molar-refractivity contribution is 7.92. The van der Waals surface area contributed by atoms with Gasteiger partial charge in [-0.2, -0.15) is 0 Å². The van der Waals surface area contributed by atoms with E-state index in [0.29, 0.717) is 21.4 Å². The van der Waals surface area contributed by atoms with Gasteiger partial charge >= 0.3 is 0 Å². The van der Waals surface area contributed by atoms with Gasteiger partial charge in [0.1, 0.15) is 6.04 Å². The third-order valence-electron chi connectivity index (χ3n) is 3.29. The second-order valence-corrected chi connectivity index (χ2v) is 7.89. The predicted octanol–water partition coefficient (Wildman–Crippen LogP) is 3.79. The first-order valence-corrected chi connectivity index (χ1v) is 9.61. The number of carbonyl (C=O) groups is 1. The molecule has 1 amide bonds. The molecule has 0 spiro atoms. The van der Waals surface area contributed by atoms with Crippen LogP contribution in [-0.4, -0.2) is 26.6 Å².